The Labute approximate surface area is 154 Å². The third kappa shape index (κ3) is 6.97. The molecule has 0 aromatic heterocycles. The minimum atomic E-state index is -3.49. The van der Waals surface area contributed by atoms with Gasteiger partial charge in [-0.3, -0.25) is 4.79 Å². The topological polar surface area (TPSA) is 57.7 Å². The molecule has 0 N–H and O–H groups in total. The quantitative estimate of drug-likeness (QED) is 0.646. The molecule has 0 aliphatic rings. The van der Waals surface area contributed by atoms with Crippen molar-refractivity contribution in [2.75, 3.05) is 32.9 Å². The summed E-state index contributed by atoms with van der Waals surface area (Å²) in [7, 11) is -1.80. The Morgan fingerprint density at radius 2 is 1.88 bits per heavy atom. The van der Waals surface area contributed by atoms with E-state index in [0.717, 1.165) is 24.7 Å². The molecule has 1 amide bonds. The lowest BCUT2D eigenvalue weighted by molar-refractivity contribution is -0.130. The summed E-state index contributed by atoms with van der Waals surface area (Å²) in [5.41, 5.74) is 0.793. The fourth-order valence-corrected chi connectivity index (χ4v) is 3.39. The minimum absolute atomic E-state index is 0.162. The van der Waals surface area contributed by atoms with Crippen molar-refractivity contribution < 1.29 is 13.2 Å². The molecule has 0 heterocycles. The third-order valence-electron chi connectivity index (χ3n) is 3.70. The molecule has 0 aliphatic heterocycles. The summed E-state index contributed by atoms with van der Waals surface area (Å²) in [6.07, 6.45) is 3.38. The molecule has 0 bridgehead atoms. The Morgan fingerprint density at radius 1 is 1.21 bits per heavy atom. The van der Waals surface area contributed by atoms with Gasteiger partial charge in [0, 0.05) is 30.2 Å². The van der Waals surface area contributed by atoms with E-state index in [4.69, 9.17) is 23.2 Å². The molecule has 24 heavy (non-hydrogen) atoms. The van der Waals surface area contributed by atoms with Crippen molar-refractivity contribution in [3.63, 3.8) is 0 Å². The predicted molar refractivity (Wildman–Crippen MR) is 99.1 cm³/mol. The molecule has 8 heteroatoms. The van der Waals surface area contributed by atoms with E-state index in [1.54, 1.807) is 30.1 Å². The number of halogens is 2. The van der Waals surface area contributed by atoms with Crippen molar-refractivity contribution in [1.29, 1.82) is 0 Å². The van der Waals surface area contributed by atoms with Gasteiger partial charge in [0.15, 0.2) is 0 Å². The van der Waals surface area contributed by atoms with Crippen LogP contribution in [0.25, 0.3) is 0 Å². The Hall–Kier alpha value is -0.820. The second-order valence-electron chi connectivity index (χ2n) is 5.75. The zero-order valence-electron chi connectivity index (χ0n) is 14.3. The summed E-state index contributed by atoms with van der Waals surface area (Å²) < 4.78 is 25.1. The number of hydrogen-bond donors (Lipinski definition) is 0. The highest BCUT2D eigenvalue weighted by molar-refractivity contribution is 7.88. The molecule has 0 unspecified atom stereocenters. The third-order valence-corrected chi connectivity index (χ3v) is 5.54. The first-order valence-corrected chi connectivity index (χ1v) is 10.4. The van der Waals surface area contributed by atoms with E-state index < -0.39 is 10.0 Å². The average Bonchev–Trinajstić information content (AvgIpc) is 2.49. The maximum Gasteiger partial charge on any atom is 0.237 e. The van der Waals surface area contributed by atoms with Gasteiger partial charge < -0.3 is 4.90 Å². The molecule has 0 fully saturated rings. The molecule has 5 nitrogen and oxygen atoms in total. The lowest BCUT2D eigenvalue weighted by atomic mass is 10.1. The van der Waals surface area contributed by atoms with Crippen molar-refractivity contribution >= 4 is 39.1 Å². The standard InChI is InChI=1S/C16H24Cl2N2O3S/c1-4-5-9-19(2)16(21)12-20(24(3,22)23)10-8-13-6-7-14(17)11-15(13)18/h6-7,11H,4-5,8-10,12H2,1-3H3. The molecule has 0 radical (unpaired) electrons. The molecule has 0 atom stereocenters. The summed E-state index contributed by atoms with van der Waals surface area (Å²) in [6, 6.07) is 5.09. The van der Waals surface area contributed by atoms with Crippen LogP contribution < -0.4 is 0 Å². The van der Waals surface area contributed by atoms with Crippen LogP contribution in [0.2, 0.25) is 10.0 Å². The highest BCUT2D eigenvalue weighted by atomic mass is 35.5. The van der Waals surface area contributed by atoms with Gasteiger partial charge >= 0.3 is 0 Å². The van der Waals surface area contributed by atoms with E-state index in [0.29, 0.717) is 23.0 Å². The van der Waals surface area contributed by atoms with Crippen LogP contribution in [-0.2, 0) is 21.2 Å². The van der Waals surface area contributed by atoms with Crippen molar-refractivity contribution in [1.82, 2.24) is 9.21 Å². The summed E-state index contributed by atoms with van der Waals surface area (Å²) >= 11 is 12.0. The van der Waals surface area contributed by atoms with E-state index in [1.165, 1.54) is 4.31 Å². The second-order valence-corrected chi connectivity index (χ2v) is 8.58. The van der Waals surface area contributed by atoms with Crippen LogP contribution in [0.15, 0.2) is 18.2 Å². The lowest BCUT2D eigenvalue weighted by Gasteiger charge is -2.23. The maximum atomic E-state index is 12.2. The maximum absolute atomic E-state index is 12.2. The van der Waals surface area contributed by atoms with Gasteiger partial charge in [-0.2, -0.15) is 4.31 Å². The summed E-state index contributed by atoms with van der Waals surface area (Å²) in [4.78, 5) is 13.8. The van der Waals surface area contributed by atoms with Gasteiger partial charge in [0.1, 0.15) is 0 Å². The van der Waals surface area contributed by atoms with Gasteiger partial charge in [0.2, 0.25) is 15.9 Å². The lowest BCUT2D eigenvalue weighted by Crippen LogP contribution is -2.42. The van der Waals surface area contributed by atoms with Gasteiger partial charge in [-0.15, -0.1) is 0 Å². The zero-order chi connectivity index (χ0) is 18.3. The Morgan fingerprint density at radius 3 is 2.42 bits per heavy atom. The zero-order valence-corrected chi connectivity index (χ0v) is 16.6. The molecule has 0 saturated heterocycles. The first-order valence-electron chi connectivity index (χ1n) is 7.78. The number of nitrogens with zero attached hydrogens (tertiary/aromatic N) is 2. The van der Waals surface area contributed by atoms with Crippen molar-refractivity contribution in [2.45, 2.75) is 26.2 Å². The molecule has 0 spiro atoms. The van der Waals surface area contributed by atoms with Crippen LogP contribution in [0.4, 0.5) is 0 Å². The van der Waals surface area contributed by atoms with Crippen molar-refractivity contribution in [2.24, 2.45) is 0 Å². The molecule has 0 saturated carbocycles. The monoisotopic (exact) mass is 394 g/mol. The number of carbonyl (C=O) groups is 1. The number of amides is 1. The summed E-state index contributed by atoms with van der Waals surface area (Å²) in [5.74, 6) is -0.212. The van der Waals surface area contributed by atoms with E-state index in [2.05, 4.69) is 0 Å². The number of carbonyl (C=O) groups excluding carboxylic acids is 1. The number of benzene rings is 1. The number of hydrogen-bond acceptors (Lipinski definition) is 3. The average molecular weight is 395 g/mol. The van der Waals surface area contributed by atoms with E-state index >= 15 is 0 Å². The Kier molecular flexibility index (Phi) is 8.50. The largest absolute Gasteiger partial charge is 0.345 e. The SMILES string of the molecule is CCCCN(C)C(=O)CN(CCc1ccc(Cl)cc1Cl)S(C)(=O)=O. The summed E-state index contributed by atoms with van der Waals surface area (Å²) in [6.45, 7) is 2.69. The van der Waals surface area contributed by atoms with Crippen LogP contribution in [0.5, 0.6) is 0 Å². The Bertz CT molecular complexity index is 665. The van der Waals surface area contributed by atoms with E-state index in [-0.39, 0.29) is 19.0 Å². The van der Waals surface area contributed by atoms with Crippen molar-refractivity contribution in [3.05, 3.63) is 33.8 Å². The van der Waals surface area contributed by atoms with Crippen LogP contribution in [0.1, 0.15) is 25.3 Å². The molecular weight excluding hydrogens is 371 g/mol. The van der Waals surface area contributed by atoms with Crippen LogP contribution in [0, 0.1) is 0 Å². The highest BCUT2D eigenvalue weighted by Crippen LogP contribution is 2.21. The van der Waals surface area contributed by atoms with Crippen LogP contribution in [0.3, 0.4) is 0 Å². The number of unbranched alkanes of at least 4 members (excludes halogenated alkanes) is 1. The van der Waals surface area contributed by atoms with Gasteiger partial charge in [-0.05, 0) is 30.5 Å². The molecule has 1 aromatic carbocycles. The van der Waals surface area contributed by atoms with E-state index in [9.17, 15) is 13.2 Å². The first-order chi connectivity index (χ1) is 11.1. The first kappa shape index (κ1) is 21.2. The fourth-order valence-electron chi connectivity index (χ4n) is 2.12. The van der Waals surface area contributed by atoms with Gasteiger partial charge in [0.25, 0.3) is 0 Å². The van der Waals surface area contributed by atoms with E-state index in [1.807, 2.05) is 6.92 Å². The van der Waals surface area contributed by atoms with Crippen molar-refractivity contribution in [3.8, 4) is 0 Å². The Balaban J connectivity index is 2.74. The van der Waals surface area contributed by atoms with Crippen LogP contribution in [-0.4, -0.2) is 56.5 Å². The molecule has 0 aliphatic carbocycles. The number of rotatable bonds is 9. The molecule has 136 valence electrons. The van der Waals surface area contributed by atoms with Crippen LogP contribution >= 0.6 is 23.2 Å². The number of likely N-dealkylation sites (N-methyl/N-ethyl adjacent to an activating group) is 1. The normalized spacial score (nSPS) is 11.8. The number of sulfonamides is 1. The molecule has 1 aromatic rings. The summed E-state index contributed by atoms with van der Waals surface area (Å²) in [5, 5.41) is 1.01. The molecular formula is C16H24Cl2N2O3S. The molecule has 1 rings (SSSR count). The van der Waals surface area contributed by atoms with Gasteiger partial charge in [-0.1, -0.05) is 42.6 Å². The smallest absolute Gasteiger partial charge is 0.237 e. The predicted octanol–water partition coefficient (Wildman–Crippen LogP) is 3.06. The second kappa shape index (κ2) is 9.61. The minimum Gasteiger partial charge on any atom is -0.345 e. The fraction of sp³-hybridized carbons (Fsp3) is 0.562. The highest BCUT2D eigenvalue weighted by Gasteiger charge is 2.22. The van der Waals surface area contributed by atoms with Gasteiger partial charge in [0.05, 0.1) is 12.8 Å². The van der Waals surface area contributed by atoms with Gasteiger partial charge in [-0.25, -0.2) is 8.42 Å².